The number of carbonyl (C=O) groups excluding carboxylic acids is 2. The Morgan fingerprint density at radius 2 is 2.24 bits per heavy atom. The van der Waals surface area contributed by atoms with Crippen molar-refractivity contribution in [1.29, 1.82) is 0 Å². The zero-order chi connectivity index (χ0) is 17.8. The summed E-state index contributed by atoms with van der Waals surface area (Å²) >= 11 is 1.46. The number of carbonyl (C=O) groups is 2. The van der Waals surface area contributed by atoms with E-state index in [1.54, 1.807) is 24.4 Å². The predicted molar refractivity (Wildman–Crippen MR) is 95.2 cm³/mol. The molecule has 2 heterocycles. The highest BCUT2D eigenvalue weighted by Gasteiger charge is 2.28. The summed E-state index contributed by atoms with van der Waals surface area (Å²) in [6, 6.07) is 5.23. The molecule has 6 nitrogen and oxygen atoms in total. The average molecular weight is 360 g/mol. The van der Waals surface area contributed by atoms with E-state index in [0.29, 0.717) is 22.4 Å². The molecular weight excluding hydrogens is 340 g/mol. The molecule has 3 rings (SSSR count). The van der Waals surface area contributed by atoms with Crippen LogP contribution in [0.3, 0.4) is 0 Å². The number of fused-ring (bicyclic) bond motifs is 1. The maximum atomic E-state index is 12.2. The normalized spacial score (nSPS) is 16.0. The lowest BCUT2D eigenvalue weighted by molar-refractivity contribution is -0.118. The third-order valence-corrected chi connectivity index (χ3v) is 5.31. The smallest absolute Gasteiger partial charge is 0.341 e. The van der Waals surface area contributed by atoms with Gasteiger partial charge < -0.3 is 14.8 Å². The van der Waals surface area contributed by atoms with E-state index in [2.05, 4.69) is 17.2 Å². The van der Waals surface area contributed by atoms with Crippen molar-refractivity contribution in [2.45, 2.75) is 26.2 Å². The topological polar surface area (TPSA) is 77.5 Å². The Labute approximate surface area is 150 Å². The van der Waals surface area contributed by atoms with Gasteiger partial charge in [0.1, 0.15) is 5.00 Å². The van der Waals surface area contributed by atoms with Gasteiger partial charge in [0.15, 0.2) is 6.61 Å². The zero-order valence-electron chi connectivity index (χ0n) is 14.2. The van der Waals surface area contributed by atoms with Gasteiger partial charge in [-0.3, -0.25) is 4.79 Å². The largest absolute Gasteiger partial charge is 0.468 e. The van der Waals surface area contributed by atoms with Gasteiger partial charge in [-0.25, -0.2) is 9.78 Å². The number of rotatable bonds is 5. The summed E-state index contributed by atoms with van der Waals surface area (Å²) in [5.74, 6) is 0.216. The molecule has 0 saturated heterocycles. The number of thiophene rings is 1. The van der Waals surface area contributed by atoms with Gasteiger partial charge >= 0.3 is 5.97 Å². The molecule has 2 aromatic heterocycles. The number of pyridine rings is 1. The molecular formula is C18H20N2O4S. The van der Waals surface area contributed by atoms with Crippen LogP contribution in [0.15, 0.2) is 24.4 Å². The molecule has 1 N–H and O–H groups in total. The molecule has 1 unspecified atom stereocenters. The van der Waals surface area contributed by atoms with E-state index in [0.717, 1.165) is 29.7 Å². The van der Waals surface area contributed by atoms with E-state index in [4.69, 9.17) is 9.47 Å². The SMILES string of the molecule is COC(=O)c1c(NC(=O)COc2ccccn2)sc2c1CCC(C)C2. The Bertz CT molecular complexity index is 773. The van der Waals surface area contributed by atoms with E-state index in [-0.39, 0.29) is 12.5 Å². The van der Waals surface area contributed by atoms with E-state index in [1.165, 1.54) is 18.4 Å². The molecule has 0 aliphatic heterocycles. The van der Waals surface area contributed by atoms with Crippen molar-refractivity contribution >= 4 is 28.2 Å². The number of methoxy groups -OCH3 is 1. The second-order valence-corrected chi connectivity index (χ2v) is 7.16. The number of esters is 1. The molecule has 1 aliphatic rings. The van der Waals surface area contributed by atoms with Crippen LogP contribution in [0.2, 0.25) is 0 Å². The van der Waals surface area contributed by atoms with Crippen LogP contribution in [0.1, 0.15) is 34.1 Å². The first kappa shape index (κ1) is 17.4. The molecule has 0 radical (unpaired) electrons. The summed E-state index contributed by atoms with van der Waals surface area (Å²) < 4.78 is 10.3. The maximum absolute atomic E-state index is 12.2. The van der Waals surface area contributed by atoms with E-state index >= 15 is 0 Å². The highest BCUT2D eigenvalue weighted by molar-refractivity contribution is 7.17. The van der Waals surface area contributed by atoms with Crippen LogP contribution in [0, 0.1) is 5.92 Å². The quantitative estimate of drug-likeness (QED) is 0.829. The molecule has 1 aliphatic carbocycles. The Morgan fingerprint density at radius 1 is 1.40 bits per heavy atom. The monoisotopic (exact) mass is 360 g/mol. The van der Waals surface area contributed by atoms with Gasteiger partial charge in [-0.1, -0.05) is 13.0 Å². The molecule has 0 bridgehead atoms. The van der Waals surface area contributed by atoms with Crippen LogP contribution >= 0.6 is 11.3 Å². The molecule has 1 amide bonds. The molecule has 132 valence electrons. The van der Waals surface area contributed by atoms with Crippen LogP contribution in [-0.2, 0) is 22.4 Å². The number of nitrogens with zero attached hydrogens (tertiary/aromatic N) is 1. The van der Waals surface area contributed by atoms with Crippen molar-refractivity contribution in [1.82, 2.24) is 4.98 Å². The van der Waals surface area contributed by atoms with E-state index in [9.17, 15) is 9.59 Å². The summed E-state index contributed by atoms with van der Waals surface area (Å²) in [6.07, 6.45) is 4.38. The average Bonchev–Trinajstić information content (AvgIpc) is 2.97. The van der Waals surface area contributed by atoms with Crippen LogP contribution in [-0.4, -0.2) is 30.6 Å². The molecule has 7 heteroatoms. The second-order valence-electron chi connectivity index (χ2n) is 6.05. The lowest BCUT2D eigenvalue weighted by atomic mass is 9.88. The predicted octanol–water partition coefficient (Wildman–Crippen LogP) is 3.07. The van der Waals surface area contributed by atoms with Gasteiger partial charge in [-0.2, -0.15) is 0 Å². The van der Waals surface area contributed by atoms with Gasteiger partial charge in [0, 0.05) is 17.1 Å². The fourth-order valence-corrected chi connectivity index (χ4v) is 4.31. The number of aromatic nitrogens is 1. The summed E-state index contributed by atoms with van der Waals surface area (Å²) in [4.78, 5) is 29.6. The van der Waals surface area contributed by atoms with Gasteiger partial charge in [0.2, 0.25) is 5.88 Å². The highest BCUT2D eigenvalue weighted by atomic mass is 32.1. The number of hydrogen-bond acceptors (Lipinski definition) is 6. The fourth-order valence-electron chi connectivity index (χ4n) is 2.89. The third kappa shape index (κ3) is 3.99. The third-order valence-electron chi connectivity index (χ3n) is 4.14. The van der Waals surface area contributed by atoms with Gasteiger partial charge in [-0.15, -0.1) is 11.3 Å². The first-order chi connectivity index (χ1) is 12.1. The molecule has 25 heavy (non-hydrogen) atoms. The number of anilines is 1. The van der Waals surface area contributed by atoms with Crippen LogP contribution < -0.4 is 10.1 Å². The summed E-state index contributed by atoms with van der Waals surface area (Å²) in [5.41, 5.74) is 1.50. The van der Waals surface area contributed by atoms with Gasteiger partial charge in [0.05, 0.1) is 12.7 Å². The lowest BCUT2D eigenvalue weighted by Gasteiger charge is -2.18. The van der Waals surface area contributed by atoms with Crippen LogP contribution in [0.25, 0.3) is 0 Å². The second kappa shape index (κ2) is 7.65. The van der Waals surface area contributed by atoms with E-state index < -0.39 is 5.97 Å². The minimum atomic E-state index is -0.409. The van der Waals surface area contributed by atoms with Crippen molar-refractivity contribution in [2.24, 2.45) is 5.92 Å². The molecule has 0 spiro atoms. The van der Waals surface area contributed by atoms with Crippen molar-refractivity contribution in [2.75, 3.05) is 19.0 Å². The van der Waals surface area contributed by atoms with Gasteiger partial charge in [-0.05, 0) is 36.8 Å². The van der Waals surface area contributed by atoms with Crippen LogP contribution in [0.5, 0.6) is 5.88 Å². The minimum absolute atomic E-state index is 0.170. The molecule has 1 atom stereocenters. The maximum Gasteiger partial charge on any atom is 0.341 e. The Kier molecular flexibility index (Phi) is 5.33. The summed E-state index contributed by atoms with van der Waals surface area (Å²) in [5, 5.41) is 3.34. The number of amides is 1. The first-order valence-electron chi connectivity index (χ1n) is 8.15. The molecule has 0 aromatic carbocycles. The standard InChI is InChI=1S/C18H20N2O4S/c1-11-6-7-12-13(9-11)25-17(16(12)18(22)23-2)20-14(21)10-24-15-5-3-4-8-19-15/h3-5,8,11H,6-7,9-10H2,1-2H3,(H,20,21). The summed E-state index contributed by atoms with van der Waals surface area (Å²) in [7, 11) is 1.35. The van der Waals surface area contributed by atoms with Crippen molar-refractivity contribution in [3.05, 3.63) is 40.4 Å². The Morgan fingerprint density at radius 3 is 2.96 bits per heavy atom. The fraction of sp³-hybridized carbons (Fsp3) is 0.389. The number of hydrogen-bond donors (Lipinski definition) is 1. The zero-order valence-corrected chi connectivity index (χ0v) is 15.0. The highest BCUT2D eigenvalue weighted by Crippen LogP contribution is 2.39. The Balaban J connectivity index is 1.75. The minimum Gasteiger partial charge on any atom is -0.468 e. The summed E-state index contributed by atoms with van der Waals surface area (Å²) in [6.45, 7) is 2.02. The van der Waals surface area contributed by atoms with E-state index in [1.807, 2.05) is 0 Å². The van der Waals surface area contributed by atoms with Crippen molar-refractivity contribution < 1.29 is 19.1 Å². The molecule has 2 aromatic rings. The van der Waals surface area contributed by atoms with Crippen molar-refractivity contribution in [3.8, 4) is 5.88 Å². The lowest BCUT2D eigenvalue weighted by Crippen LogP contribution is -2.21. The van der Waals surface area contributed by atoms with Crippen molar-refractivity contribution in [3.63, 3.8) is 0 Å². The molecule has 0 saturated carbocycles. The Hall–Kier alpha value is -2.41. The van der Waals surface area contributed by atoms with Gasteiger partial charge in [0.25, 0.3) is 5.91 Å². The first-order valence-corrected chi connectivity index (χ1v) is 8.96. The number of ether oxygens (including phenoxy) is 2. The van der Waals surface area contributed by atoms with Crippen LogP contribution in [0.4, 0.5) is 5.00 Å². The molecule has 0 fully saturated rings. The number of nitrogens with one attached hydrogen (secondary N) is 1.